The summed E-state index contributed by atoms with van der Waals surface area (Å²) in [4.78, 5) is 31.6. The van der Waals surface area contributed by atoms with E-state index in [1.54, 1.807) is 63.2 Å². The van der Waals surface area contributed by atoms with Gasteiger partial charge in [0.1, 0.15) is 40.6 Å². The van der Waals surface area contributed by atoms with Crippen molar-refractivity contribution in [1.29, 1.82) is 0 Å². The van der Waals surface area contributed by atoms with Crippen LogP contribution in [0.3, 0.4) is 0 Å². The molecule has 0 amide bonds. The molecule has 1 saturated heterocycles. The molecule has 9 nitrogen and oxygen atoms in total. The first-order valence-corrected chi connectivity index (χ1v) is 23.8. The van der Waals surface area contributed by atoms with Gasteiger partial charge < -0.3 is 28.8 Å². The lowest BCUT2D eigenvalue weighted by atomic mass is 9.97. The van der Waals surface area contributed by atoms with E-state index in [9.17, 15) is 14.7 Å². The smallest absolute Gasteiger partial charge is 0.195 e. The summed E-state index contributed by atoms with van der Waals surface area (Å²) >= 11 is 3.15. The number of phenols is 1. The lowest BCUT2D eigenvalue weighted by Gasteiger charge is -2.17. The van der Waals surface area contributed by atoms with Gasteiger partial charge in [0.15, 0.2) is 11.6 Å². The molecule has 1 atom stereocenters. The van der Waals surface area contributed by atoms with Crippen molar-refractivity contribution < 1.29 is 38.4 Å². The molecule has 10 rings (SSSR count). The monoisotopic (exact) mass is 939 g/mol. The van der Waals surface area contributed by atoms with E-state index in [0.29, 0.717) is 22.3 Å². The van der Waals surface area contributed by atoms with Crippen molar-refractivity contribution in [2.24, 2.45) is 0 Å². The maximum absolute atomic E-state index is 14.0. The Morgan fingerprint density at radius 3 is 1.46 bits per heavy atom. The molecule has 68 heavy (non-hydrogen) atoms. The number of ether oxygens (including phenoxy) is 5. The van der Waals surface area contributed by atoms with Crippen LogP contribution in [0.1, 0.15) is 43.8 Å². The van der Waals surface area contributed by atoms with Gasteiger partial charge in [0, 0.05) is 71.8 Å². The number of thiophene rings is 2. The van der Waals surface area contributed by atoms with Crippen molar-refractivity contribution in [3.8, 4) is 55.4 Å². The second kappa shape index (κ2) is 20.6. The van der Waals surface area contributed by atoms with Crippen LogP contribution in [0.2, 0.25) is 0 Å². The van der Waals surface area contributed by atoms with Crippen LogP contribution < -0.4 is 23.7 Å². The zero-order chi connectivity index (χ0) is 47.1. The summed E-state index contributed by atoms with van der Waals surface area (Å²) in [6, 6.07) is 51.6. The highest BCUT2D eigenvalue weighted by Crippen LogP contribution is 2.43. The van der Waals surface area contributed by atoms with Gasteiger partial charge >= 0.3 is 0 Å². The van der Waals surface area contributed by atoms with Gasteiger partial charge in [-0.25, -0.2) is 0 Å². The number of rotatable bonds is 14. The van der Waals surface area contributed by atoms with Gasteiger partial charge in [-0.1, -0.05) is 30.3 Å². The number of fused-ring (bicyclic) bond motifs is 2. The average Bonchev–Trinajstić information content (AvgIpc) is 4.11. The van der Waals surface area contributed by atoms with Crippen molar-refractivity contribution in [2.75, 3.05) is 41.5 Å². The SMILES string of the molecule is COc1ccc(-c2sc3cc(OC)ccc3c2C(=O)c2ccc(O)cc2)cc1.COc1ccc(-c2sc3cc(OC)ccc3c2C(=O)c2ccc(OC3CCN(Cc4ccccc4)C3)cc2)cc1. The summed E-state index contributed by atoms with van der Waals surface area (Å²) in [7, 11) is 6.56. The Labute approximate surface area is 403 Å². The third-order valence-electron chi connectivity index (χ3n) is 12.0. The van der Waals surface area contributed by atoms with Crippen molar-refractivity contribution in [1.82, 2.24) is 4.90 Å². The minimum Gasteiger partial charge on any atom is -0.508 e. The summed E-state index contributed by atoms with van der Waals surface area (Å²) in [5, 5.41) is 11.4. The largest absolute Gasteiger partial charge is 0.508 e. The minimum absolute atomic E-state index is 0.0105. The molecule has 0 radical (unpaired) electrons. The van der Waals surface area contributed by atoms with Crippen molar-refractivity contribution in [3.05, 3.63) is 192 Å². The Bertz CT molecular complexity index is 3180. The van der Waals surface area contributed by atoms with E-state index >= 15 is 0 Å². The second-order valence-electron chi connectivity index (χ2n) is 16.3. The number of aromatic hydroxyl groups is 1. The van der Waals surface area contributed by atoms with Gasteiger partial charge in [-0.3, -0.25) is 14.5 Å². The maximum atomic E-state index is 14.0. The molecule has 9 aromatic rings. The van der Waals surface area contributed by atoms with Gasteiger partial charge in [0.05, 0.1) is 28.4 Å². The Kier molecular flexibility index (Phi) is 13.8. The first-order chi connectivity index (χ1) is 33.2. The Morgan fingerprint density at radius 1 is 0.544 bits per heavy atom. The number of hydrogen-bond acceptors (Lipinski definition) is 11. The number of ketones is 2. The molecule has 1 aliphatic rings. The first kappa shape index (κ1) is 45.7. The summed E-state index contributed by atoms with van der Waals surface area (Å²) in [5.74, 6) is 3.89. The van der Waals surface area contributed by atoms with Crippen molar-refractivity contribution >= 4 is 54.4 Å². The highest BCUT2D eigenvalue weighted by atomic mass is 32.1. The Balaban J connectivity index is 0.000000181. The van der Waals surface area contributed by atoms with Gasteiger partial charge in [-0.15, -0.1) is 22.7 Å². The molecular weight excluding hydrogens is 891 g/mol. The molecule has 1 N–H and O–H groups in total. The van der Waals surface area contributed by atoms with E-state index in [-0.39, 0.29) is 23.4 Å². The molecule has 2 aromatic heterocycles. The van der Waals surface area contributed by atoms with Gasteiger partial charge in [-0.2, -0.15) is 0 Å². The standard InChI is InChI=1S/C34H31NO4S.C23H18O4S/c1-37-26-12-10-25(11-13-26)34-32(30-17-16-28(38-2)20-31(30)40-34)33(36)24-8-14-27(15-9-24)39-29-18-19-35(22-29)21-23-6-4-3-5-7-23;1-26-17-9-5-15(6-10-17)23-21(22(25)14-3-7-16(24)8-4-14)19-12-11-18(27-2)13-20(19)28-23/h3-17,20,29H,18-19,21-22H2,1-2H3;3-13,24H,1-2H3. The number of carbonyl (C=O) groups is 2. The highest BCUT2D eigenvalue weighted by Gasteiger charge is 2.26. The van der Waals surface area contributed by atoms with Crippen LogP contribution in [0.5, 0.6) is 34.5 Å². The average molecular weight is 940 g/mol. The van der Waals surface area contributed by atoms with Crippen LogP contribution in [0.4, 0.5) is 0 Å². The molecule has 0 aliphatic carbocycles. The number of carbonyl (C=O) groups excluding carboxylic acids is 2. The molecule has 11 heteroatoms. The Morgan fingerprint density at radius 2 is 0.985 bits per heavy atom. The van der Waals surface area contributed by atoms with E-state index in [1.165, 1.54) is 17.7 Å². The number of nitrogens with zero attached hydrogens (tertiary/aromatic N) is 1. The predicted molar refractivity (Wildman–Crippen MR) is 273 cm³/mol. The highest BCUT2D eigenvalue weighted by molar-refractivity contribution is 7.23. The molecule has 3 heterocycles. The summed E-state index contributed by atoms with van der Waals surface area (Å²) < 4.78 is 29.7. The van der Waals surface area contributed by atoms with Crippen LogP contribution in [-0.2, 0) is 6.54 Å². The van der Waals surface area contributed by atoms with Crippen molar-refractivity contribution in [3.63, 3.8) is 0 Å². The zero-order valence-corrected chi connectivity index (χ0v) is 39.7. The predicted octanol–water partition coefficient (Wildman–Crippen LogP) is 13.0. The fourth-order valence-corrected chi connectivity index (χ4v) is 10.9. The van der Waals surface area contributed by atoms with Crippen LogP contribution in [-0.4, -0.2) is 69.2 Å². The minimum atomic E-state index is -0.0813. The molecule has 0 spiro atoms. The van der Waals surface area contributed by atoms with Gasteiger partial charge in [0.25, 0.3) is 0 Å². The topological polar surface area (TPSA) is 104 Å². The number of methoxy groups -OCH3 is 4. The molecule has 0 saturated carbocycles. The lowest BCUT2D eigenvalue weighted by Crippen LogP contribution is -2.24. The van der Waals surface area contributed by atoms with E-state index in [0.717, 1.165) is 95.9 Å². The van der Waals surface area contributed by atoms with E-state index in [1.807, 2.05) is 115 Å². The number of phenolic OH excluding ortho intramolecular Hbond substituents is 1. The molecule has 342 valence electrons. The fourth-order valence-electron chi connectivity index (χ4n) is 8.41. The maximum Gasteiger partial charge on any atom is 0.195 e. The molecule has 0 bridgehead atoms. The van der Waals surface area contributed by atoms with Crippen LogP contribution in [0.25, 0.3) is 41.1 Å². The third kappa shape index (κ3) is 9.96. The second-order valence-corrected chi connectivity index (χ2v) is 18.4. The quantitative estimate of drug-likeness (QED) is 0.107. The van der Waals surface area contributed by atoms with Gasteiger partial charge in [-0.05, 0) is 157 Å². The first-order valence-electron chi connectivity index (χ1n) is 22.1. The van der Waals surface area contributed by atoms with Crippen LogP contribution >= 0.6 is 22.7 Å². The van der Waals surface area contributed by atoms with Crippen LogP contribution in [0.15, 0.2) is 164 Å². The van der Waals surface area contributed by atoms with E-state index in [4.69, 9.17) is 23.7 Å². The molecular formula is C57H49NO8S2. The third-order valence-corrected chi connectivity index (χ3v) is 14.4. The summed E-state index contributed by atoms with van der Waals surface area (Å²) in [6.45, 7) is 2.84. The van der Waals surface area contributed by atoms with E-state index < -0.39 is 0 Å². The fraction of sp³-hybridized carbons (Fsp3) is 0.158. The van der Waals surface area contributed by atoms with Crippen molar-refractivity contribution in [2.45, 2.75) is 19.1 Å². The molecule has 7 aromatic carbocycles. The molecule has 1 fully saturated rings. The molecule has 1 unspecified atom stereocenters. The van der Waals surface area contributed by atoms with Gasteiger partial charge in [0.2, 0.25) is 0 Å². The zero-order valence-electron chi connectivity index (χ0n) is 38.1. The number of hydrogen-bond donors (Lipinski definition) is 1. The lowest BCUT2D eigenvalue weighted by molar-refractivity contribution is 0.103. The summed E-state index contributed by atoms with van der Waals surface area (Å²) in [5.41, 5.74) is 5.76. The Hall–Kier alpha value is -7.44. The molecule has 1 aliphatic heterocycles. The number of benzene rings is 7. The normalized spacial score (nSPS) is 13.4. The van der Waals surface area contributed by atoms with Crippen LogP contribution in [0, 0.1) is 0 Å². The number of likely N-dealkylation sites (tertiary alicyclic amines) is 1. The summed E-state index contributed by atoms with van der Waals surface area (Å²) in [6.07, 6.45) is 1.13. The van der Waals surface area contributed by atoms with E-state index in [2.05, 4.69) is 29.2 Å².